The second kappa shape index (κ2) is 9.14. The van der Waals surface area contributed by atoms with Crippen molar-refractivity contribution in [3.63, 3.8) is 0 Å². The Labute approximate surface area is 181 Å². The highest BCUT2D eigenvalue weighted by atomic mass is 35.5. The summed E-state index contributed by atoms with van der Waals surface area (Å²) in [6, 6.07) is 24.7. The minimum Gasteiger partial charge on any atom is -0.339 e. The molecule has 1 fully saturated rings. The Kier molecular flexibility index (Phi) is 6.15. The Balaban J connectivity index is 1.36. The number of likely N-dealkylation sites (tertiary alicyclic amines) is 1. The summed E-state index contributed by atoms with van der Waals surface area (Å²) in [5, 5.41) is 3.72. The number of hydrogen-bond acceptors (Lipinski definition) is 2. The molecule has 0 aliphatic carbocycles. The summed E-state index contributed by atoms with van der Waals surface area (Å²) in [7, 11) is 0. The zero-order valence-electron chi connectivity index (χ0n) is 16.6. The van der Waals surface area contributed by atoms with Gasteiger partial charge < -0.3 is 10.2 Å². The molecule has 3 aromatic rings. The minimum atomic E-state index is -0.0975. The van der Waals surface area contributed by atoms with Crippen molar-refractivity contribution in [3.05, 3.63) is 89.4 Å². The standard InChI is InChI=1S/C25H23ClN2O2/c26-22-10-4-8-20(16-22)21-9-5-11-23(17-21)27-24(29)18-12-14-28(15-13-18)25(30)19-6-2-1-3-7-19/h1-11,16-18H,12-15H2,(H,27,29). The van der Waals surface area contributed by atoms with Crippen LogP contribution in [-0.2, 0) is 4.79 Å². The van der Waals surface area contributed by atoms with E-state index in [0.29, 0.717) is 36.5 Å². The summed E-state index contributed by atoms with van der Waals surface area (Å²) in [6.45, 7) is 1.18. The van der Waals surface area contributed by atoms with Gasteiger partial charge in [-0.2, -0.15) is 0 Å². The molecule has 2 amide bonds. The Morgan fingerprint density at radius 1 is 0.833 bits per heavy atom. The molecule has 30 heavy (non-hydrogen) atoms. The van der Waals surface area contributed by atoms with Crippen LogP contribution in [0.5, 0.6) is 0 Å². The summed E-state index contributed by atoms with van der Waals surface area (Å²) in [4.78, 5) is 27.2. The van der Waals surface area contributed by atoms with Crippen molar-refractivity contribution < 1.29 is 9.59 Å². The topological polar surface area (TPSA) is 49.4 Å². The first-order valence-electron chi connectivity index (χ1n) is 10.1. The molecule has 1 aliphatic rings. The molecule has 0 spiro atoms. The quantitative estimate of drug-likeness (QED) is 0.608. The Morgan fingerprint density at radius 2 is 1.50 bits per heavy atom. The van der Waals surface area contributed by atoms with Gasteiger partial charge in [-0.25, -0.2) is 0 Å². The second-order valence-corrected chi connectivity index (χ2v) is 7.95. The van der Waals surface area contributed by atoms with E-state index in [4.69, 9.17) is 11.6 Å². The van der Waals surface area contributed by atoms with Crippen molar-refractivity contribution in [1.29, 1.82) is 0 Å². The summed E-state index contributed by atoms with van der Waals surface area (Å²) >= 11 is 6.10. The third-order valence-corrected chi connectivity index (χ3v) is 5.70. The van der Waals surface area contributed by atoms with Crippen LogP contribution in [-0.4, -0.2) is 29.8 Å². The van der Waals surface area contributed by atoms with Gasteiger partial charge in [-0.05, 0) is 60.4 Å². The van der Waals surface area contributed by atoms with Crippen molar-refractivity contribution in [2.75, 3.05) is 18.4 Å². The van der Waals surface area contributed by atoms with Crippen LogP contribution in [0.2, 0.25) is 5.02 Å². The number of piperidine rings is 1. The predicted molar refractivity (Wildman–Crippen MR) is 121 cm³/mol. The van der Waals surface area contributed by atoms with E-state index in [2.05, 4.69) is 5.32 Å². The normalized spacial score (nSPS) is 14.4. The lowest BCUT2D eigenvalue weighted by Crippen LogP contribution is -2.41. The molecule has 0 radical (unpaired) electrons. The van der Waals surface area contributed by atoms with Crippen LogP contribution in [0.25, 0.3) is 11.1 Å². The molecule has 0 aromatic heterocycles. The lowest BCUT2D eigenvalue weighted by atomic mass is 9.95. The summed E-state index contributed by atoms with van der Waals surface area (Å²) in [6.07, 6.45) is 1.33. The summed E-state index contributed by atoms with van der Waals surface area (Å²) in [5.74, 6) is -0.0617. The average Bonchev–Trinajstić information content (AvgIpc) is 2.79. The first kappa shape index (κ1) is 20.2. The Hall–Kier alpha value is -3.11. The number of amides is 2. The molecule has 5 heteroatoms. The molecule has 4 rings (SSSR count). The Bertz CT molecular complexity index is 1040. The van der Waals surface area contributed by atoms with Crippen LogP contribution in [0.4, 0.5) is 5.69 Å². The molecular weight excluding hydrogens is 396 g/mol. The number of hydrogen-bond donors (Lipinski definition) is 1. The zero-order chi connectivity index (χ0) is 20.9. The summed E-state index contributed by atoms with van der Waals surface area (Å²) in [5.41, 5.74) is 3.46. The SMILES string of the molecule is O=C(Nc1cccc(-c2cccc(Cl)c2)c1)C1CCN(C(=O)c2ccccc2)CC1. The van der Waals surface area contributed by atoms with Gasteiger partial charge in [0.1, 0.15) is 0 Å². The second-order valence-electron chi connectivity index (χ2n) is 7.51. The fourth-order valence-electron chi connectivity index (χ4n) is 3.80. The van der Waals surface area contributed by atoms with Crippen molar-refractivity contribution in [3.8, 4) is 11.1 Å². The number of anilines is 1. The number of carbonyl (C=O) groups is 2. The van der Waals surface area contributed by atoms with Crippen LogP contribution in [0.3, 0.4) is 0 Å². The van der Waals surface area contributed by atoms with E-state index < -0.39 is 0 Å². The maximum Gasteiger partial charge on any atom is 0.253 e. The van der Waals surface area contributed by atoms with Crippen LogP contribution in [0, 0.1) is 5.92 Å². The third kappa shape index (κ3) is 4.71. The van der Waals surface area contributed by atoms with Gasteiger partial charge in [0.05, 0.1) is 0 Å². The number of halogens is 1. The molecule has 152 valence electrons. The maximum absolute atomic E-state index is 12.8. The van der Waals surface area contributed by atoms with Gasteiger partial charge in [-0.3, -0.25) is 9.59 Å². The maximum atomic E-state index is 12.8. The molecule has 4 nitrogen and oxygen atoms in total. The molecule has 3 aromatic carbocycles. The number of nitrogens with one attached hydrogen (secondary N) is 1. The fraction of sp³-hybridized carbons (Fsp3) is 0.200. The molecule has 0 bridgehead atoms. The highest BCUT2D eigenvalue weighted by molar-refractivity contribution is 6.30. The first-order chi connectivity index (χ1) is 14.6. The van der Waals surface area contributed by atoms with Gasteiger partial charge in [-0.15, -0.1) is 0 Å². The average molecular weight is 419 g/mol. The minimum absolute atomic E-state index is 0.00468. The van der Waals surface area contributed by atoms with Crippen LogP contribution < -0.4 is 5.32 Å². The van der Waals surface area contributed by atoms with Crippen LogP contribution in [0.15, 0.2) is 78.9 Å². The van der Waals surface area contributed by atoms with Crippen molar-refractivity contribution in [2.45, 2.75) is 12.8 Å². The zero-order valence-corrected chi connectivity index (χ0v) is 17.3. The van der Waals surface area contributed by atoms with Crippen molar-refractivity contribution in [2.24, 2.45) is 5.92 Å². The number of carbonyl (C=O) groups excluding carboxylic acids is 2. The first-order valence-corrected chi connectivity index (χ1v) is 10.5. The number of nitrogens with zero attached hydrogens (tertiary/aromatic N) is 1. The monoisotopic (exact) mass is 418 g/mol. The molecule has 1 aliphatic heterocycles. The van der Waals surface area contributed by atoms with Crippen LogP contribution >= 0.6 is 11.6 Å². The van der Waals surface area contributed by atoms with Crippen LogP contribution in [0.1, 0.15) is 23.2 Å². The smallest absolute Gasteiger partial charge is 0.253 e. The lowest BCUT2D eigenvalue weighted by Gasteiger charge is -2.31. The summed E-state index contributed by atoms with van der Waals surface area (Å²) < 4.78 is 0. The van der Waals surface area contributed by atoms with Gasteiger partial charge in [0.25, 0.3) is 5.91 Å². The number of rotatable bonds is 4. The highest BCUT2D eigenvalue weighted by Crippen LogP contribution is 2.26. The van der Waals surface area contributed by atoms with Gasteiger partial charge in [0.15, 0.2) is 0 Å². The van der Waals surface area contributed by atoms with Gasteiger partial charge in [0.2, 0.25) is 5.91 Å². The molecule has 0 unspecified atom stereocenters. The molecule has 1 N–H and O–H groups in total. The molecule has 0 saturated carbocycles. The highest BCUT2D eigenvalue weighted by Gasteiger charge is 2.27. The van der Waals surface area contributed by atoms with E-state index >= 15 is 0 Å². The number of benzene rings is 3. The van der Waals surface area contributed by atoms with E-state index in [0.717, 1.165) is 16.8 Å². The van der Waals surface area contributed by atoms with E-state index in [1.54, 1.807) is 0 Å². The largest absolute Gasteiger partial charge is 0.339 e. The predicted octanol–water partition coefficient (Wildman–Crippen LogP) is 5.50. The van der Waals surface area contributed by atoms with E-state index in [1.807, 2.05) is 83.8 Å². The van der Waals surface area contributed by atoms with E-state index in [9.17, 15) is 9.59 Å². The fourth-order valence-corrected chi connectivity index (χ4v) is 3.99. The van der Waals surface area contributed by atoms with Crippen molar-refractivity contribution >= 4 is 29.1 Å². The molecular formula is C25H23ClN2O2. The van der Waals surface area contributed by atoms with Gasteiger partial charge >= 0.3 is 0 Å². The third-order valence-electron chi connectivity index (χ3n) is 5.46. The van der Waals surface area contributed by atoms with Gasteiger partial charge in [-0.1, -0.05) is 54.1 Å². The lowest BCUT2D eigenvalue weighted by molar-refractivity contribution is -0.121. The van der Waals surface area contributed by atoms with Crippen molar-refractivity contribution in [1.82, 2.24) is 4.90 Å². The van der Waals surface area contributed by atoms with Gasteiger partial charge in [0, 0.05) is 35.3 Å². The molecule has 1 saturated heterocycles. The molecule has 1 heterocycles. The van der Waals surface area contributed by atoms with E-state index in [1.165, 1.54) is 0 Å². The molecule has 0 atom stereocenters. The van der Waals surface area contributed by atoms with E-state index in [-0.39, 0.29) is 17.7 Å². The Morgan fingerprint density at radius 3 is 2.20 bits per heavy atom.